The number of rotatable bonds is 3. The van der Waals surface area contributed by atoms with Crippen molar-refractivity contribution in [2.24, 2.45) is 17.6 Å². The predicted octanol–water partition coefficient (Wildman–Crippen LogP) is 1.66. The number of carbonyl (C=O) groups excluding carboxylic acids is 1. The smallest absolute Gasteiger partial charge is 0.223 e. The molecule has 3 heteroatoms. The lowest BCUT2D eigenvalue weighted by Gasteiger charge is -2.27. The SMILES string of the molecule is CC(C)C(C)NC(=O)C1CCCC(N)C1. The highest BCUT2D eigenvalue weighted by molar-refractivity contribution is 5.79. The van der Waals surface area contributed by atoms with Crippen molar-refractivity contribution in [1.82, 2.24) is 5.32 Å². The van der Waals surface area contributed by atoms with Gasteiger partial charge in [-0.1, -0.05) is 20.3 Å². The highest BCUT2D eigenvalue weighted by Crippen LogP contribution is 2.23. The minimum atomic E-state index is 0.148. The molecule has 0 aliphatic heterocycles. The van der Waals surface area contributed by atoms with Crippen LogP contribution in [0, 0.1) is 11.8 Å². The molecule has 0 heterocycles. The maximum Gasteiger partial charge on any atom is 0.223 e. The topological polar surface area (TPSA) is 55.1 Å². The fourth-order valence-corrected chi connectivity index (χ4v) is 1.97. The third-order valence-corrected chi connectivity index (χ3v) is 3.46. The molecule has 1 saturated carbocycles. The largest absolute Gasteiger partial charge is 0.353 e. The van der Waals surface area contributed by atoms with Crippen LogP contribution in [0.5, 0.6) is 0 Å². The lowest BCUT2D eigenvalue weighted by molar-refractivity contribution is -0.127. The summed E-state index contributed by atoms with van der Waals surface area (Å²) in [7, 11) is 0. The van der Waals surface area contributed by atoms with E-state index in [0.29, 0.717) is 5.92 Å². The Bertz CT molecular complexity index is 216. The summed E-state index contributed by atoms with van der Waals surface area (Å²) < 4.78 is 0. The van der Waals surface area contributed by atoms with E-state index in [1.165, 1.54) is 0 Å². The number of hydrogen-bond acceptors (Lipinski definition) is 2. The predicted molar refractivity (Wildman–Crippen MR) is 62.4 cm³/mol. The second kappa shape index (κ2) is 5.50. The molecule has 1 aliphatic rings. The van der Waals surface area contributed by atoms with E-state index >= 15 is 0 Å². The van der Waals surface area contributed by atoms with E-state index in [2.05, 4.69) is 26.1 Å². The van der Waals surface area contributed by atoms with Gasteiger partial charge < -0.3 is 11.1 Å². The summed E-state index contributed by atoms with van der Waals surface area (Å²) in [4.78, 5) is 11.9. The van der Waals surface area contributed by atoms with Gasteiger partial charge in [0.15, 0.2) is 0 Å². The van der Waals surface area contributed by atoms with E-state index < -0.39 is 0 Å². The van der Waals surface area contributed by atoms with E-state index in [9.17, 15) is 4.79 Å². The Labute approximate surface area is 92.8 Å². The Morgan fingerprint density at radius 1 is 1.33 bits per heavy atom. The molecule has 1 aliphatic carbocycles. The van der Waals surface area contributed by atoms with Crippen molar-refractivity contribution in [3.05, 3.63) is 0 Å². The first-order valence-electron chi connectivity index (χ1n) is 6.06. The number of nitrogens with one attached hydrogen (secondary N) is 1. The third-order valence-electron chi connectivity index (χ3n) is 3.46. The molecule has 0 bridgehead atoms. The summed E-state index contributed by atoms with van der Waals surface area (Å²) in [5.41, 5.74) is 5.87. The normalized spacial score (nSPS) is 28.9. The van der Waals surface area contributed by atoms with Crippen molar-refractivity contribution in [1.29, 1.82) is 0 Å². The summed E-state index contributed by atoms with van der Waals surface area (Å²) in [5.74, 6) is 0.840. The number of hydrogen-bond donors (Lipinski definition) is 2. The molecule has 3 nitrogen and oxygen atoms in total. The number of nitrogens with two attached hydrogens (primary N) is 1. The van der Waals surface area contributed by atoms with E-state index in [1.807, 2.05) is 0 Å². The molecule has 3 N–H and O–H groups in total. The lowest BCUT2D eigenvalue weighted by Crippen LogP contribution is -2.43. The van der Waals surface area contributed by atoms with Crippen LogP contribution in [0.1, 0.15) is 46.5 Å². The van der Waals surface area contributed by atoms with Crippen LogP contribution in [0.2, 0.25) is 0 Å². The minimum Gasteiger partial charge on any atom is -0.353 e. The van der Waals surface area contributed by atoms with Crippen LogP contribution in [-0.4, -0.2) is 18.0 Å². The van der Waals surface area contributed by atoms with Crippen LogP contribution in [0.4, 0.5) is 0 Å². The monoisotopic (exact) mass is 212 g/mol. The summed E-state index contributed by atoms with van der Waals surface area (Å²) in [5, 5.41) is 3.08. The molecule has 15 heavy (non-hydrogen) atoms. The summed E-state index contributed by atoms with van der Waals surface area (Å²) in [6.07, 6.45) is 4.03. The van der Waals surface area contributed by atoms with Gasteiger partial charge in [0.2, 0.25) is 5.91 Å². The fourth-order valence-electron chi connectivity index (χ4n) is 1.97. The summed E-state index contributed by atoms with van der Waals surface area (Å²) >= 11 is 0. The lowest BCUT2D eigenvalue weighted by atomic mass is 9.85. The number of carbonyl (C=O) groups is 1. The Balaban J connectivity index is 2.39. The standard InChI is InChI=1S/C12H24N2O/c1-8(2)9(3)14-12(15)10-5-4-6-11(13)7-10/h8-11H,4-7,13H2,1-3H3,(H,14,15). The van der Waals surface area contributed by atoms with Crippen LogP contribution in [0.25, 0.3) is 0 Å². The van der Waals surface area contributed by atoms with Gasteiger partial charge in [0.05, 0.1) is 0 Å². The molecule has 3 unspecified atom stereocenters. The average molecular weight is 212 g/mol. The quantitative estimate of drug-likeness (QED) is 0.747. The van der Waals surface area contributed by atoms with Crippen LogP contribution < -0.4 is 11.1 Å². The third kappa shape index (κ3) is 3.82. The van der Waals surface area contributed by atoms with E-state index in [0.717, 1.165) is 25.7 Å². The van der Waals surface area contributed by atoms with Crippen LogP contribution in [0.15, 0.2) is 0 Å². The Hall–Kier alpha value is -0.570. The van der Waals surface area contributed by atoms with E-state index in [1.54, 1.807) is 0 Å². The molecule has 0 saturated heterocycles. The zero-order valence-corrected chi connectivity index (χ0v) is 10.1. The van der Waals surface area contributed by atoms with Crippen molar-refractivity contribution >= 4 is 5.91 Å². The maximum absolute atomic E-state index is 11.9. The molecule has 0 aromatic heterocycles. The fraction of sp³-hybridized carbons (Fsp3) is 0.917. The average Bonchev–Trinajstić information content (AvgIpc) is 2.17. The minimum absolute atomic E-state index is 0.148. The highest BCUT2D eigenvalue weighted by Gasteiger charge is 2.26. The van der Waals surface area contributed by atoms with Gasteiger partial charge in [-0.15, -0.1) is 0 Å². The summed E-state index contributed by atoms with van der Waals surface area (Å²) in [6, 6.07) is 0.486. The second-order valence-corrected chi connectivity index (χ2v) is 5.16. The maximum atomic E-state index is 11.9. The molecule has 0 spiro atoms. The van der Waals surface area contributed by atoms with Gasteiger partial charge in [-0.3, -0.25) is 4.79 Å². The van der Waals surface area contributed by atoms with Crippen molar-refractivity contribution in [3.8, 4) is 0 Å². The van der Waals surface area contributed by atoms with Gasteiger partial charge in [0, 0.05) is 18.0 Å². The van der Waals surface area contributed by atoms with Crippen molar-refractivity contribution < 1.29 is 4.79 Å². The van der Waals surface area contributed by atoms with Gasteiger partial charge in [-0.2, -0.15) is 0 Å². The van der Waals surface area contributed by atoms with Crippen LogP contribution >= 0.6 is 0 Å². The van der Waals surface area contributed by atoms with Gasteiger partial charge in [0.25, 0.3) is 0 Å². The van der Waals surface area contributed by atoms with E-state index in [-0.39, 0.29) is 23.9 Å². The van der Waals surface area contributed by atoms with Gasteiger partial charge in [-0.25, -0.2) is 0 Å². The van der Waals surface area contributed by atoms with Crippen molar-refractivity contribution in [2.75, 3.05) is 0 Å². The molecule has 0 aromatic rings. The molecule has 0 aromatic carbocycles. The van der Waals surface area contributed by atoms with Crippen LogP contribution in [-0.2, 0) is 4.79 Å². The molecular weight excluding hydrogens is 188 g/mol. The number of amides is 1. The van der Waals surface area contributed by atoms with E-state index in [4.69, 9.17) is 5.73 Å². The zero-order valence-electron chi connectivity index (χ0n) is 10.1. The van der Waals surface area contributed by atoms with Gasteiger partial charge in [0.1, 0.15) is 0 Å². The molecule has 88 valence electrons. The molecule has 0 radical (unpaired) electrons. The second-order valence-electron chi connectivity index (χ2n) is 5.16. The van der Waals surface area contributed by atoms with Gasteiger partial charge in [-0.05, 0) is 32.1 Å². The Morgan fingerprint density at radius 3 is 2.53 bits per heavy atom. The summed E-state index contributed by atoms with van der Waals surface area (Å²) in [6.45, 7) is 6.31. The first-order chi connectivity index (χ1) is 7.00. The molecule has 3 atom stereocenters. The Kier molecular flexibility index (Phi) is 4.58. The van der Waals surface area contributed by atoms with Gasteiger partial charge >= 0.3 is 0 Å². The molecule has 1 fully saturated rings. The van der Waals surface area contributed by atoms with Crippen molar-refractivity contribution in [3.63, 3.8) is 0 Å². The van der Waals surface area contributed by atoms with Crippen LogP contribution in [0.3, 0.4) is 0 Å². The van der Waals surface area contributed by atoms with Crippen molar-refractivity contribution in [2.45, 2.75) is 58.5 Å². The highest BCUT2D eigenvalue weighted by atomic mass is 16.1. The first kappa shape index (κ1) is 12.5. The molecule has 1 rings (SSSR count). The Morgan fingerprint density at radius 2 is 2.00 bits per heavy atom. The zero-order chi connectivity index (χ0) is 11.4. The first-order valence-corrected chi connectivity index (χ1v) is 6.06. The molecule has 1 amide bonds. The molecular formula is C12H24N2O.